The molecule has 0 spiro atoms. The summed E-state index contributed by atoms with van der Waals surface area (Å²) in [6, 6.07) is 0.282. The molecule has 0 saturated carbocycles. The maximum absolute atomic E-state index is 5.47. The lowest BCUT2D eigenvalue weighted by Gasteiger charge is -2.12. The molecule has 0 aromatic carbocycles. The molecule has 2 aromatic heterocycles. The minimum absolute atomic E-state index is 0.282. The van der Waals surface area contributed by atoms with Crippen LogP contribution in [0.4, 0.5) is 0 Å². The smallest absolute Gasteiger partial charge is 0.109 e. The van der Waals surface area contributed by atoms with E-state index in [4.69, 9.17) is 5.73 Å². The van der Waals surface area contributed by atoms with Gasteiger partial charge < -0.3 is 11.1 Å². The Morgan fingerprint density at radius 2 is 2.44 bits per heavy atom. The van der Waals surface area contributed by atoms with Crippen LogP contribution in [0.5, 0.6) is 0 Å². The van der Waals surface area contributed by atoms with Gasteiger partial charge in [-0.05, 0) is 6.42 Å². The number of thiazole rings is 1. The molecule has 7 heteroatoms. The van der Waals surface area contributed by atoms with E-state index < -0.39 is 0 Å². The molecule has 98 valence electrons. The molecule has 0 fully saturated rings. The van der Waals surface area contributed by atoms with Gasteiger partial charge >= 0.3 is 0 Å². The van der Waals surface area contributed by atoms with Crippen molar-refractivity contribution in [3.05, 3.63) is 28.5 Å². The molecule has 1 atom stereocenters. The topological polar surface area (TPSA) is 81.7 Å². The maximum Gasteiger partial charge on any atom is 0.109 e. The van der Waals surface area contributed by atoms with E-state index in [1.165, 1.54) is 0 Å². The van der Waals surface area contributed by atoms with Crippen LogP contribution in [0.1, 0.15) is 30.1 Å². The molecule has 1 unspecified atom stereocenters. The normalized spacial score (nSPS) is 12.8. The van der Waals surface area contributed by atoms with E-state index in [2.05, 4.69) is 27.5 Å². The Balaban J connectivity index is 1.89. The van der Waals surface area contributed by atoms with Gasteiger partial charge in [-0.2, -0.15) is 0 Å². The Kier molecular flexibility index (Phi) is 4.80. The minimum Gasteiger partial charge on any atom is -0.329 e. The third-order valence-corrected chi connectivity index (χ3v) is 3.52. The molecule has 0 bridgehead atoms. The van der Waals surface area contributed by atoms with Crippen molar-refractivity contribution in [1.29, 1.82) is 0 Å². The highest BCUT2D eigenvalue weighted by Crippen LogP contribution is 2.18. The molecule has 0 radical (unpaired) electrons. The van der Waals surface area contributed by atoms with Crippen LogP contribution in [0, 0.1) is 0 Å². The van der Waals surface area contributed by atoms with Gasteiger partial charge in [-0.3, -0.25) is 4.68 Å². The zero-order valence-electron chi connectivity index (χ0n) is 10.4. The van der Waals surface area contributed by atoms with Crippen molar-refractivity contribution >= 4 is 11.3 Å². The van der Waals surface area contributed by atoms with Crippen LogP contribution < -0.4 is 11.1 Å². The second-order valence-corrected chi connectivity index (χ2v) is 4.90. The van der Waals surface area contributed by atoms with Gasteiger partial charge in [-0.15, -0.1) is 16.4 Å². The average Bonchev–Trinajstić information content (AvgIpc) is 3.02. The van der Waals surface area contributed by atoms with E-state index in [9.17, 15) is 0 Å². The lowest BCUT2D eigenvalue weighted by Crippen LogP contribution is -2.20. The first-order valence-electron chi connectivity index (χ1n) is 6.05. The van der Waals surface area contributed by atoms with Crippen molar-refractivity contribution in [2.45, 2.75) is 32.5 Å². The fourth-order valence-corrected chi connectivity index (χ4v) is 2.50. The summed E-state index contributed by atoms with van der Waals surface area (Å²) in [6.45, 7) is 4.12. The first kappa shape index (κ1) is 13.1. The van der Waals surface area contributed by atoms with E-state index in [1.807, 2.05) is 17.8 Å². The van der Waals surface area contributed by atoms with E-state index in [1.54, 1.807) is 16.0 Å². The number of nitrogens with one attached hydrogen (secondary N) is 1. The number of aromatic nitrogens is 4. The van der Waals surface area contributed by atoms with Gasteiger partial charge in [0, 0.05) is 30.9 Å². The van der Waals surface area contributed by atoms with Gasteiger partial charge in [0.1, 0.15) is 5.01 Å². The summed E-state index contributed by atoms with van der Waals surface area (Å²) in [5.41, 5.74) is 6.40. The Hall–Kier alpha value is -1.31. The van der Waals surface area contributed by atoms with Crippen molar-refractivity contribution < 1.29 is 0 Å². The summed E-state index contributed by atoms with van der Waals surface area (Å²) in [7, 11) is 0. The van der Waals surface area contributed by atoms with Crippen LogP contribution in [0.25, 0.3) is 0 Å². The predicted molar refractivity (Wildman–Crippen MR) is 71.1 cm³/mol. The molecular weight excluding hydrogens is 248 g/mol. The van der Waals surface area contributed by atoms with Crippen LogP contribution in [-0.2, 0) is 13.1 Å². The Morgan fingerprint density at radius 3 is 3.11 bits per heavy atom. The SMILES string of the molecule is CCC(NCc1cn(CCN)nn1)c1nccs1. The molecule has 6 nitrogen and oxygen atoms in total. The van der Waals surface area contributed by atoms with Crippen molar-refractivity contribution in [2.24, 2.45) is 5.73 Å². The van der Waals surface area contributed by atoms with Crippen molar-refractivity contribution in [3.8, 4) is 0 Å². The molecule has 0 aliphatic carbocycles. The van der Waals surface area contributed by atoms with Crippen molar-refractivity contribution in [2.75, 3.05) is 6.54 Å². The summed E-state index contributed by atoms with van der Waals surface area (Å²) in [5, 5.41) is 14.7. The van der Waals surface area contributed by atoms with Crippen molar-refractivity contribution in [1.82, 2.24) is 25.3 Å². The fourth-order valence-electron chi connectivity index (χ4n) is 1.70. The summed E-state index contributed by atoms with van der Waals surface area (Å²) in [5.74, 6) is 0. The molecule has 0 amide bonds. The van der Waals surface area contributed by atoms with Gasteiger partial charge in [0.15, 0.2) is 0 Å². The van der Waals surface area contributed by atoms with Crippen LogP contribution in [-0.4, -0.2) is 26.5 Å². The molecule has 18 heavy (non-hydrogen) atoms. The number of hydrogen-bond donors (Lipinski definition) is 2. The average molecular weight is 266 g/mol. The highest BCUT2D eigenvalue weighted by atomic mass is 32.1. The second-order valence-electron chi connectivity index (χ2n) is 3.97. The Morgan fingerprint density at radius 1 is 1.56 bits per heavy atom. The third-order valence-electron chi connectivity index (χ3n) is 2.63. The van der Waals surface area contributed by atoms with Crippen LogP contribution >= 0.6 is 11.3 Å². The maximum atomic E-state index is 5.47. The summed E-state index contributed by atoms with van der Waals surface area (Å²) < 4.78 is 1.77. The quantitative estimate of drug-likeness (QED) is 0.779. The van der Waals surface area contributed by atoms with Gasteiger partial charge in [-0.25, -0.2) is 4.98 Å². The Bertz CT molecular complexity index is 452. The largest absolute Gasteiger partial charge is 0.329 e. The third kappa shape index (κ3) is 3.34. The van der Waals surface area contributed by atoms with Crippen molar-refractivity contribution in [3.63, 3.8) is 0 Å². The molecule has 0 aliphatic heterocycles. The van der Waals surface area contributed by atoms with Gasteiger partial charge in [0.25, 0.3) is 0 Å². The number of nitrogens with two attached hydrogens (primary N) is 1. The lowest BCUT2D eigenvalue weighted by molar-refractivity contribution is 0.511. The standard InChI is InChI=1S/C11H18N6S/c1-2-10(11-13-4-6-18-11)14-7-9-8-17(5-3-12)16-15-9/h4,6,8,10,14H,2-3,5,7,12H2,1H3. The van der Waals surface area contributed by atoms with E-state index in [0.717, 1.165) is 17.1 Å². The minimum atomic E-state index is 0.282. The Labute approximate surface area is 110 Å². The summed E-state index contributed by atoms with van der Waals surface area (Å²) >= 11 is 1.67. The monoisotopic (exact) mass is 266 g/mol. The zero-order chi connectivity index (χ0) is 12.8. The predicted octanol–water partition coefficient (Wildman–Crippen LogP) is 0.934. The number of nitrogens with zero attached hydrogens (tertiary/aromatic N) is 4. The van der Waals surface area contributed by atoms with Crippen LogP contribution in [0.2, 0.25) is 0 Å². The molecule has 3 N–H and O–H groups in total. The summed E-state index contributed by atoms with van der Waals surface area (Å²) in [6.07, 6.45) is 4.76. The first-order chi connectivity index (χ1) is 8.83. The lowest BCUT2D eigenvalue weighted by atomic mass is 10.2. The highest BCUT2D eigenvalue weighted by Gasteiger charge is 2.11. The first-order valence-corrected chi connectivity index (χ1v) is 6.93. The number of rotatable bonds is 7. The second kappa shape index (κ2) is 6.58. The van der Waals surface area contributed by atoms with E-state index in [-0.39, 0.29) is 6.04 Å². The highest BCUT2D eigenvalue weighted by molar-refractivity contribution is 7.09. The van der Waals surface area contributed by atoms with E-state index >= 15 is 0 Å². The molecule has 2 aromatic rings. The molecular formula is C11H18N6S. The van der Waals surface area contributed by atoms with Crippen LogP contribution in [0.15, 0.2) is 17.8 Å². The van der Waals surface area contributed by atoms with Crippen LogP contribution in [0.3, 0.4) is 0 Å². The van der Waals surface area contributed by atoms with Gasteiger partial charge in [0.2, 0.25) is 0 Å². The molecule has 0 saturated heterocycles. The summed E-state index contributed by atoms with van der Waals surface area (Å²) in [4.78, 5) is 4.33. The molecule has 0 aliphatic rings. The van der Waals surface area contributed by atoms with E-state index in [0.29, 0.717) is 19.6 Å². The molecule has 2 heterocycles. The fraction of sp³-hybridized carbons (Fsp3) is 0.545. The number of hydrogen-bond acceptors (Lipinski definition) is 6. The zero-order valence-corrected chi connectivity index (χ0v) is 11.2. The van der Waals surface area contributed by atoms with Gasteiger partial charge in [-0.1, -0.05) is 12.1 Å². The van der Waals surface area contributed by atoms with Gasteiger partial charge in [0.05, 0.1) is 18.3 Å². The molecule has 2 rings (SSSR count).